The topological polar surface area (TPSA) is 47.3 Å². The van der Waals surface area contributed by atoms with E-state index in [9.17, 15) is 17.2 Å². The highest BCUT2D eigenvalue weighted by Crippen LogP contribution is 2.18. The van der Waals surface area contributed by atoms with Crippen LogP contribution in [0.5, 0.6) is 0 Å². The summed E-state index contributed by atoms with van der Waals surface area (Å²) in [6, 6.07) is 1.51. The maximum atomic E-state index is 11.7. The molecule has 0 fully saturated rings. The highest BCUT2D eigenvalue weighted by Gasteiger charge is 2.19. The van der Waals surface area contributed by atoms with Crippen LogP contribution in [0, 0.1) is 6.92 Å². The SMILES string of the molecule is Cc1ccoc1S(=O)(=O)CCC=C(F)F. The van der Waals surface area contributed by atoms with Crippen LogP contribution in [0.3, 0.4) is 0 Å². The van der Waals surface area contributed by atoms with Crippen LogP contribution in [0.4, 0.5) is 8.78 Å². The van der Waals surface area contributed by atoms with Gasteiger partial charge in [-0.3, -0.25) is 0 Å². The molecule has 0 spiro atoms. The smallest absolute Gasteiger partial charge is 0.266 e. The normalized spacial score (nSPS) is 11.4. The van der Waals surface area contributed by atoms with Gasteiger partial charge in [0.25, 0.3) is 6.08 Å². The van der Waals surface area contributed by atoms with E-state index in [0.717, 1.165) is 0 Å². The maximum Gasteiger partial charge on any atom is 0.266 e. The zero-order valence-corrected chi connectivity index (χ0v) is 8.85. The van der Waals surface area contributed by atoms with Crippen LogP contribution < -0.4 is 0 Å². The molecule has 0 aromatic carbocycles. The molecule has 0 aliphatic carbocycles. The predicted molar refractivity (Wildman–Crippen MR) is 50.4 cm³/mol. The molecule has 0 saturated carbocycles. The average molecular weight is 236 g/mol. The van der Waals surface area contributed by atoms with Crippen molar-refractivity contribution in [1.29, 1.82) is 0 Å². The molecule has 6 heteroatoms. The Hall–Kier alpha value is -1.17. The largest absolute Gasteiger partial charge is 0.453 e. The van der Waals surface area contributed by atoms with E-state index in [1.165, 1.54) is 12.3 Å². The van der Waals surface area contributed by atoms with Crippen LogP contribution in [-0.2, 0) is 9.84 Å². The van der Waals surface area contributed by atoms with Gasteiger partial charge in [0.05, 0.1) is 12.0 Å². The molecule has 84 valence electrons. The van der Waals surface area contributed by atoms with Gasteiger partial charge in [-0.2, -0.15) is 8.78 Å². The zero-order chi connectivity index (χ0) is 11.5. The minimum atomic E-state index is -3.59. The molecule has 3 nitrogen and oxygen atoms in total. The molecule has 0 amide bonds. The van der Waals surface area contributed by atoms with Gasteiger partial charge in [0.15, 0.2) is 0 Å². The van der Waals surface area contributed by atoms with Gasteiger partial charge in [-0.1, -0.05) is 0 Å². The average Bonchev–Trinajstić information content (AvgIpc) is 2.50. The lowest BCUT2D eigenvalue weighted by molar-refractivity contribution is 0.418. The Bertz CT molecular complexity index is 455. The highest BCUT2D eigenvalue weighted by atomic mass is 32.2. The van der Waals surface area contributed by atoms with E-state index in [0.29, 0.717) is 11.6 Å². The summed E-state index contributed by atoms with van der Waals surface area (Å²) in [5.41, 5.74) is 0.486. The number of furan rings is 1. The second-order valence-electron chi connectivity index (χ2n) is 2.99. The minimum Gasteiger partial charge on any atom is -0.453 e. The maximum absolute atomic E-state index is 11.7. The molecule has 0 saturated heterocycles. The van der Waals surface area contributed by atoms with Crippen molar-refractivity contribution in [2.45, 2.75) is 18.4 Å². The molecule has 1 aromatic heterocycles. The number of rotatable bonds is 4. The molecule has 0 aliphatic heterocycles. The molecule has 0 radical (unpaired) electrons. The second-order valence-corrected chi connectivity index (χ2v) is 5.00. The van der Waals surface area contributed by atoms with Crippen molar-refractivity contribution in [3.05, 3.63) is 30.0 Å². The highest BCUT2D eigenvalue weighted by molar-refractivity contribution is 7.91. The number of allylic oxidation sites excluding steroid dienone is 1. The summed E-state index contributed by atoms with van der Waals surface area (Å²) in [5.74, 6) is -0.376. The van der Waals surface area contributed by atoms with E-state index in [-0.39, 0.29) is 17.3 Å². The standard InChI is InChI=1S/C9H10F2O3S/c1-7-4-5-14-9(7)15(12,13)6-2-3-8(10)11/h3-5H,2,6H2,1H3. The number of hydrogen-bond donors (Lipinski definition) is 0. The summed E-state index contributed by atoms with van der Waals surface area (Å²) in [7, 11) is -3.59. The Morgan fingerprint density at radius 2 is 2.20 bits per heavy atom. The lowest BCUT2D eigenvalue weighted by atomic mass is 10.4. The third-order valence-electron chi connectivity index (χ3n) is 1.78. The van der Waals surface area contributed by atoms with Crippen molar-refractivity contribution in [1.82, 2.24) is 0 Å². The van der Waals surface area contributed by atoms with Crippen molar-refractivity contribution in [3.8, 4) is 0 Å². The molecule has 0 atom stereocenters. The third kappa shape index (κ3) is 3.16. The first-order chi connectivity index (χ1) is 6.93. The van der Waals surface area contributed by atoms with E-state index in [1.807, 2.05) is 0 Å². The lowest BCUT2D eigenvalue weighted by Gasteiger charge is -1.99. The summed E-state index contributed by atoms with van der Waals surface area (Å²) >= 11 is 0. The van der Waals surface area contributed by atoms with Crippen molar-refractivity contribution in [2.75, 3.05) is 5.75 Å². The quantitative estimate of drug-likeness (QED) is 0.807. The first-order valence-corrected chi connectivity index (χ1v) is 5.87. The Balaban J connectivity index is 2.78. The van der Waals surface area contributed by atoms with Crippen LogP contribution in [0.1, 0.15) is 12.0 Å². The van der Waals surface area contributed by atoms with E-state index in [2.05, 4.69) is 0 Å². The Morgan fingerprint density at radius 3 is 2.67 bits per heavy atom. The molecule has 0 N–H and O–H groups in total. The van der Waals surface area contributed by atoms with Gasteiger partial charge in [0, 0.05) is 5.56 Å². The van der Waals surface area contributed by atoms with Crippen LogP contribution >= 0.6 is 0 Å². The summed E-state index contributed by atoms with van der Waals surface area (Å²) in [4.78, 5) is 0. The molecular formula is C9H10F2O3S. The van der Waals surface area contributed by atoms with Gasteiger partial charge in [-0.15, -0.1) is 0 Å². The fourth-order valence-corrected chi connectivity index (χ4v) is 2.47. The molecule has 1 heterocycles. The Labute approximate surface area is 86.3 Å². The van der Waals surface area contributed by atoms with E-state index in [1.54, 1.807) is 6.92 Å². The number of sulfone groups is 1. The molecule has 0 unspecified atom stereocenters. The van der Waals surface area contributed by atoms with Crippen LogP contribution in [0.15, 0.2) is 34.0 Å². The van der Waals surface area contributed by atoms with Gasteiger partial charge in [0.2, 0.25) is 14.9 Å². The monoisotopic (exact) mass is 236 g/mol. The summed E-state index contributed by atoms with van der Waals surface area (Å²) in [5, 5.41) is -0.143. The van der Waals surface area contributed by atoms with Crippen LogP contribution in [0.2, 0.25) is 0 Å². The fourth-order valence-electron chi connectivity index (χ4n) is 1.09. The van der Waals surface area contributed by atoms with Crippen molar-refractivity contribution >= 4 is 9.84 Å². The van der Waals surface area contributed by atoms with Crippen molar-refractivity contribution in [2.24, 2.45) is 0 Å². The van der Waals surface area contributed by atoms with Gasteiger partial charge in [0.1, 0.15) is 0 Å². The lowest BCUT2D eigenvalue weighted by Crippen LogP contribution is -2.06. The Morgan fingerprint density at radius 1 is 1.53 bits per heavy atom. The third-order valence-corrected chi connectivity index (χ3v) is 3.54. The number of aryl methyl sites for hydroxylation is 1. The van der Waals surface area contributed by atoms with Crippen molar-refractivity contribution < 1.29 is 21.6 Å². The summed E-state index contributed by atoms with van der Waals surface area (Å²) in [6.45, 7) is 1.59. The van der Waals surface area contributed by atoms with E-state index >= 15 is 0 Å². The van der Waals surface area contributed by atoms with Gasteiger partial charge >= 0.3 is 0 Å². The molecule has 1 aromatic rings. The van der Waals surface area contributed by atoms with E-state index < -0.39 is 15.9 Å². The molecule has 0 bridgehead atoms. The summed E-state index contributed by atoms with van der Waals surface area (Å²) < 4.78 is 51.2. The molecular weight excluding hydrogens is 226 g/mol. The number of halogens is 2. The number of hydrogen-bond acceptors (Lipinski definition) is 3. The zero-order valence-electron chi connectivity index (χ0n) is 8.04. The Kier molecular flexibility index (Phi) is 3.62. The van der Waals surface area contributed by atoms with Gasteiger partial charge < -0.3 is 4.42 Å². The summed E-state index contributed by atoms with van der Waals surface area (Å²) in [6.07, 6.45) is -0.254. The van der Waals surface area contributed by atoms with Crippen molar-refractivity contribution in [3.63, 3.8) is 0 Å². The fraction of sp³-hybridized carbons (Fsp3) is 0.333. The molecule has 0 aliphatic rings. The predicted octanol–water partition coefficient (Wildman–Crippen LogP) is 2.53. The molecule has 15 heavy (non-hydrogen) atoms. The first kappa shape index (κ1) is 11.9. The second kappa shape index (κ2) is 4.57. The minimum absolute atomic E-state index is 0.143. The van der Waals surface area contributed by atoms with E-state index in [4.69, 9.17) is 4.42 Å². The molecule has 1 rings (SSSR count). The first-order valence-electron chi connectivity index (χ1n) is 4.21. The van der Waals surface area contributed by atoms with Gasteiger partial charge in [-0.25, -0.2) is 8.42 Å². The van der Waals surface area contributed by atoms with Crippen LogP contribution in [0.25, 0.3) is 0 Å². The van der Waals surface area contributed by atoms with Gasteiger partial charge in [-0.05, 0) is 25.5 Å². The van der Waals surface area contributed by atoms with Crippen LogP contribution in [-0.4, -0.2) is 14.2 Å².